The normalized spacial score (nSPS) is 18.5. The molecule has 1 aliphatic heterocycles. The number of ether oxygens (including phenoxy) is 1. The Bertz CT molecular complexity index is 720. The first-order valence-electron chi connectivity index (χ1n) is 7.74. The number of aromatic hydroxyl groups is 1. The van der Waals surface area contributed by atoms with Gasteiger partial charge in [-0.05, 0) is 25.5 Å². The molecule has 1 aromatic carbocycles. The minimum Gasteiger partial charge on any atom is -0.504 e. The molecule has 1 aliphatic rings. The van der Waals surface area contributed by atoms with Crippen LogP contribution in [0, 0.1) is 10.1 Å². The first-order chi connectivity index (χ1) is 11.6. The molecule has 2 aromatic rings. The topological polar surface area (TPSA) is 88.7 Å². The van der Waals surface area contributed by atoms with Crippen LogP contribution < -0.4 is 4.74 Å². The summed E-state index contributed by atoms with van der Waals surface area (Å²) in [6.07, 6.45) is 3.94. The molecule has 1 fully saturated rings. The van der Waals surface area contributed by atoms with Gasteiger partial charge in [0.25, 0.3) is 5.69 Å². The highest BCUT2D eigenvalue weighted by molar-refractivity contribution is 7.09. The molecule has 3 rings (SSSR count). The van der Waals surface area contributed by atoms with E-state index in [-0.39, 0.29) is 17.2 Å². The summed E-state index contributed by atoms with van der Waals surface area (Å²) in [5, 5.41) is 24.2. The molecule has 7 nitrogen and oxygen atoms in total. The molecule has 0 unspecified atom stereocenters. The van der Waals surface area contributed by atoms with E-state index in [1.165, 1.54) is 7.11 Å². The average molecular weight is 349 g/mol. The molecule has 1 atom stereocenters. The van der Waals surface area contributed by atoms with E-state index in [2.05, 4.69) is 9.88 Å². The number of likely N-dealkylation sites (tertiary alicyclic amines) is 1. The van der Waals surface area contributed by atoms with Crippen LogP contribution in [0.1, 0.15) is 29.3 Å². The zero-order valence-corrected chi connectivity index (χ0v) is 14.2. The molecule has 0 aliphatic carbocycles. The van der Waals surface area contributed by atoms with Crippen LogP contribution in [-0.2, 0) is 6.54 Å². The van der Waals surface area contributed by atoms with Gasteiger partial charge in [0.1, 0.15) is 0 Å². The molecule has 8 heteroatoms. The van der Waals surface area contributed by atoms with Gasteiger partial charge in [-0.15, -0.1) is 11.3 Å². The lowest BCUT2D eigenvalue weighted by Crippen LogP contribution is -2.34. The van der Waals surface area contributed by atoms with Crippen LogP contribution in [0.15, 0.2) is 23.7 Å². The highest BCUT2D eigenvalue weighted by Crippen LogP contribution is 2.35. The predicted octanol–water partition coefficient (Wildman–Crippen LogP) is 3.15. The average Bonchev–Trinajstić information content (AvgIpc) is 3.10. The quantitative estimate of drug-likeness (QED) is 0.659. The van der Waals surface area contributed by atoms with Gasteiger partial charge in [0.2, 0.25) is 0 Å². The number of thiazole rings is 1. The first-order valence-corrected chi connectivity index (χ1v) is 8.62. The zero-order chi connectivity index (χ0) is 17.1. The van der Waals surface area contributed by atoms with Crippen LogP contribution in [0.4, 0.5) is 5.69 Å². The van der Waals surface area contributed by atoms with E-state index < -0.39 is 4.92 Å². The van der Waals surface area contributed by atoms with Crippen molar-refractivity contribution >= 4 is 17.0 Å². The summed E-state index contributed by atoms with van der Waals surface area (Å²) >= 11 is 1.65. The lowest BCUT2D eigenvalue weighted by molar-refractivity contribution is -0.385. The van der Waals surface area contributed by atoms with Crippen LogP contribution >= 0.6 is 11.3 Å². The molecule has 0 amide bonds. The largest absolute Gasteiger partial charge is 0.504 e. The molecule has 128 valence electrons. The lowest BCUT2D eigenvalue weighted by Gasteiger charge is -2.31. The highest BCUT2D eigenvalue weighted by atomic mass is 32.1. The number of nitrogens with zero attached hydrogens (tertiary/aromatic N) is 3. The van der Waals surface area contributed by atoms with Crippen molar-refractivity contribution in [2.45, 2.75) is 25.3 Å². The summed E-state index contributed by atoms with van der Waals surface area (Å²) in [7, 11) is 1.43. The SMILES string of the molecule is COc1cc(CN2CCC[C@@H](c3nccs3)C2)c([N+](=O)[O-])cc1O. The van der Waals surface area contributed by atoms with Crippen molar-refractivity contribution in [3.05, 3.63) is 44.4 Å². The van der Waals surface area contributed by atoms with Gasteiger partial charge in [0.15, 0.2) is 11.5 Å². The number of nitro benzene ring substituents is 1. The van der Waals surface area contributed by atoms with Gasteiger partial charge in [-0.3, -0.25) is 15.0 Å². The van der Waals surface area contributed by atoms with Crippen molar-refractivity contribution in [1.29, 1.82) is 0 Å². The number of aromatic nitrogens is 1. The Morgan fingerprint density at radius 1 is 1.54 bits per heavy atom. The molecule has 0 bridgehead atoms. The maximum Gasteiger partial charge on any atom is 0.277 e. The number of nitro groups is 1. The fourth-order valence-electron chi connectivity index (χ4n) is 3.14. The summed E-state index contributed by atoms with van der Waals surface area (Å²) in [4.78, 5) is 17.4. The van der Waals surface area contributed by atoms with E-state index in [0.717, 1.165) is 37.0 Å². The molecule has 1 N–H and O–H groups in total. The van der Waals surface area contributed by atoms with Crippen LogP contribution in [0.5, 0.6) is 11.5 Å². The minimum absolute atomic E-state index is 0.0790. The molecule has 2 heterocycles. The Morgan fingerprint density at radius 2 is 2.38 bits per heavy atom. The fraction of sp³-hybridized carbons (Fsp3) is 0.438. The molecule has 0 radical (unpaired) electrons. The third-order valence-corrected chi connectivity index (χ3v) is 5.21. The predicted molar refractivity (Wildman–Crippen MR) is 90.7 cm³/mol. The van der Waals surface area contributed by atoms with Gasteiger partial charge in [0, 0.05) is 36.1 Å². The number of phenolic OH excluding ortho intramolecular Hbond substituents is 1. The Hall–Kier alpha value is -2.19. The van der Waals surface area contributed by atoms with Gasteiger partial charge in [-0.25, -0.2) is 4.98 Å². The lowest BCUT2D eigenvalue weighted by atomic mass is 9.98. The maximum atomic E-state index is 11.3. The number of phenols is 1. The molecule has 1 saturated heterocycles. The van der Waals surface area contributed by atoms with Crippen LogP contribution in [0.25, 0.3) is 0 Å². The molecule has 0 saturated carbocycles. The zero-order valence-electron chi connectivity index (χ0n) is 13.3. The van der Waals surface area contributed by atoms with E-state index in [1.807, 2.05) is 11.6 Å². The monoisotopic (exact) mass is 349 g/mol. The smallest absolute Gasteiger partial charge is 0.277 e. The minimum atomic E-state index is -0.462. The number of hydrogen-bond acceptors (Lipinski definition) is 7. The van der Waals surface area contributed by atoms with Crippen LogP contribution in [0.3, 0.4) is 0 Å². The highest BCUT2D eigenvalue weighted by Gasteiger charge is 2.26. The Kier molecular flexibility index (Phi) is 4.96. The summed E-state index contributed by atoms with van der Waals surface area (Å²) < 4.78 is 5.09. The number of benzene rings is 1. The second kappa shape index (κ2) is 7.14. The summed E-state index contributed by atoms with van der Waals surface area (Å²) in [6, 6.07) is 2.72. The Labute approximate surface area is 143 Å². The van der Waals surface area contributed by atoms with Crippen molar-refractivity contribution in [2.24, 2.45) is 0 Å². The third-order valence-electron chi connectivity index (χ3n) is 4.28. The molecule has 0 spiro atoms. The summed E-state index contributed by atoms with van der Waals surface area (Å²) in [5.41, 5.74) is 0.471. The van der Waals surface area contributed by atoms with E-state index in [9.17, 15) is 15.2 Å². The second-order valence-corrected chi connectivity index (χ2v) is 6.78. The summed E-state index contributed by atoms with van der Waals surface area (Å²) in [6.45, 7) is 2.17. The number of rotatable bonds is 5. The standard InChI is InChI=1S/C16H19N3O4S/c1-23-15-7-12(13(19(21)22)8-14(15)20)10-18-5-2-3-11(9-18)16-17-4-6-24-16/h4,6-8,11,20H,2-3,5,9-10H2,1H3/t11-/m1/s1. The van der Waals surface area contributed by atoms with E-state index in [4.69, 9.17) is 4.74 Å². The van der Waals surface area contributed by atoms with Crippen molar-refractivity contribution in [3.63, 3.8) is 0 Å². The van der Waals surface area contributed by atoms with E-state index >= 15 is 0 Å². The van der Waals surface area contributed by atoms with Crippen molar-refractivity contribution < 1.29 is 14.8 Å². The van der Waals surface area contributed by atoms with Crippen molar-refractivity contribution in [3.8, 4) is 11.5 Å². The van der Waals surface area contributed by atoms with Gasteiger partial charge in [-0.1, -0.05) is 0 Å². The van der Waals surface area contributed by atoms with Crippen LogP contribution in [0.2, 0.25) is 0 Å². The van der Waals surface area contributed by atoms with Gasteiger partial charge in [0.05, 0.1) is 23.1 Å². The second-order valence-electron chi connectivity index (χ2n) is 5.85. The number of piperidine rings is 1. The molecule has 24 heavy (non-hydrogen) atoms. The van der Waals surface area contributed by atoms with E-state index in [0.29, 0.717) is 18.0 Å². The fourth-order valence-corrected chi connectivity index (χ4v) is 3.90. The molecular weight excluding hydrogens is 330 g/mol. The van der Waals surface area contributed by atoms with Gasteiger partial charge < -0.3 is 9.84 Å². The Morgan fingerprint density at radius 3 is 3.04 bits per heavy atom. The third kappa shape index (κ3) is 3.49. The molecule has 1 aromatic heterocycles. The van der Waals surface area contributed by atoms with Crippen molar-refractivity contribution in [2.75, 3.05) is 20.2 Å². The number of methoxy groups -OCH3 is 1. The number of hydrogen-bond donors (Lipinski definition) is 1. The van der Waals surface area contributed by atoms with Crippen LogP contribution in [-0.4, -0.2) is 40.1 Å². The van der Waals surface area contributed by atoms with Gasteiger partial charge in [-0.2, -0.15) is 0 Å². The van der Waals surface area contributed by atoms with Crippen molar-refractivity contribution in [1.82, 2.24) is 9.88 Å². The maximum absolute atomic E-state index is 11.3. The van der Waals surface area contributed by atoms with Gasteiger partial charge >= 0.3 is 0 Å². The summed E-state index contributed by atoms with van der Waals surface area (Å²) in [5.74, 6) is 0.410. The molecular formula is C16H19N3O4S. The Balaban J connectivity index is 1.80. The first kappa shape index (κ1) is 16.7. The van der Waals surface area contributed by atoms with E-state index in [1.54, 1.807) is 17.4 Å².